The normalized spacial score (nSPS) is 12.2. The van der Waals surface area contributed by atoms with Crippen molar-refractivity contribution in [1.82, 2.24) is 5.32 Å². The zero-order valence-corrected chi connectivity index (χ0v) is 12.7. The molecule has 100 valence electrons. The average Bonchev–Trinajstić information content (AvgIpc) is 2.85. The summed E-state index contributed by atoms with van der Waals surface area (Å²) in [6.45, 7) is 1.93. The first-order chi connectivity index (χ1) is 9.06. The van der Waals surface area contributed by atoms with Gasteiger partial charge in [-0.1, -0.05) is 11.6 Å². The summed E-state index contributed by atoms with van der Waals surface area (Å²) in [5.41, 5.74) is 0.541. The molecule has 0 aliphatic carbocycles. The van der Waals surface area contributed by atoms with E-state index in [2.05, 4.69) is 21.2 Å². The van der Waals surface area contributed by atoms with Gasteiger partial charge < -0.3 is 9.73 Å². The van der Waals surface area contributed by atoms with E-state index in [1.165, 1.54) is 0 Å². The van der Waals surface area contributed by atoms with E-state index in [4.69, 9.17) is 16.0 Å². The molecule has 1 aromatic heterocycles. The molecule has 0 spiro atoms. The maximum Gasteiger partial charge on any atom is 0.251 e. The number of hydrogen-bond acceptors (Lipinski definition) is 2. The highest BCUT2D eigenvalue weighted by Crippen LogP contribution is 2.23. The van der Waals surface area contributed by atoms with Gasteiger partial charge in [0.15, 0.2) is 0 Å². The zero-order valence-electron chi connectivity index (χ0n) is 10.3. The third-order valence-electron chi connectivity index (χ3n) is 2.65. The minimum Gasteiger partial charge on any atom is -0.469 e. The van der Waals surface area contributed by atoms with Crippen LogP contribution in [0, 0.1) is 0 Å². The van der Waals surface area contributed by atoms with Crippen LogP contribution in [0.3, 0.4) is 0 Å². The molecule has 1 unspecified atom stereocenters. The number of furan rings is 1. The Hall–Kier alpha value is -1.26. The molecule has 0 radical (unpaired) electrons. The molecule has 0 saturated heterocycles. The van der Waals surface area contributed by atoms with E-state index in [1.807, 2.05) is 19.1 Å². The first-order valence-corrected chi connectivity index (χ1v) is 7.01. The second-order valence-electron chi connectivity index (χ2n) is 4.29. The van der Waals surface area contributed by atoms with Gasteiger partial charge in [0.1, 0.15) is 5.76 Å². The van der Waals surface area contributed by atoms with E-state index in [0.29, 0.717) is 17.0 Å². The molecule has 1 aromatic carbocycles. The summed E-state index contributed by atoms with van der Waals surface area (Å²) in [6, 6.07) is 8.83. The predicted octanol–water partition coefficient (Wildman–Crippen LogP) is 4.06. The monoisotopic (exact) mass is 341 g/mol. The smallest absolute Gasteiger partial charge is 0.251 e. The van der Waals surface area contributed by atoms with Crippen LogP contribution in [-0.2, 0) is 6.42 Å². The number of carbonyl (C=O) groups is 1. The second-order valence-corrected chi connectivity index (χ2v) is 5.55. The first kappa shape index (κ1) is 14.2. The van der Waals surface area contributed by atoms with Crippen LogP contribution in [0.5, 0.6) is 0 Å². The topological polar surface area (TPSA) is 42.2 Å². The van der Waals surface area contributed by atoms with Crippen LogP contribution in [0.4, 0.5) is 0 Å². The highest BCUT2D eigenvalue weighted by Gasteiger charge is 2.12. The SMILES string of the molecule is CC(Cc1ccco1)NC(=O)c1ccc(Br)c(Cl)c1. The number of rotatable bonds is 4. The van der Waals surface area contributed by atoms with Gasteiger partial charge in [0.2, 0.25) is 0 Å². The molecule has 5 heteroatoms. The van der Waals surface area contributed by atoms with E-state index < -0.39 is 0 Å². The van der Waals surface area contributed by atoms with Crippen LogP contribution in [0.2, 0.25) is 5.02 Å². The standard InChI is InChI=1S/C14H13BrClNO2/c1-9(7-11-3-2-6-19-11)17-14(18)10-4-5-12(15)13(16)8-10/h2-6,8-9H,7H2,1H3,(H,17,18). The Morgan fingerprint density at radius 1 is 1.47 bits per heavy atom. The lowest BCUT2D eigenvalue weighted by Crippen LogP contribution is -2.33. The molecule has 1 N–H and O–H groups in total. The molecule has 0 saturated carbocycles. The van der Waals surface area contributed by atoms with Crippen LogP contribution in [0.1, 0.15) is 23.0 Å². The first-order valence-electron chi connectivity index (χ1n) is 5.84. The van der Waals surface area contributed by atoms with E-state index in [0.717, 1.165) is 10.2 Å². The largest absolute Gasteiger partial charge is 0.469 e. The Balaban J connectivity index is 1.98. The van der Waals surface area contributed by atoms with Crippen molar-refractivity contribution in [3.63, 3.8) is 0 Å². The predicted molar refractivity (Wildman–Crippen MR) is 78.5 cm³/mol. The van der Waals surface area contributed by atoms with Crippen molar-refractivity contribution in [1.29, 1.82) is 0 Å². The zero-order chi connectivity index (χ0) is 13.8. The van der Waals surface area contributed by atoms with Crippen LogP contribution >= 0.6 is 27.5 Å². The minimum atomic E-state index is -0.145. The Morgan fingerprint density at radius 3 is 2.89 bits per heavy atom. The number of nitrogens with one attached hydrogen (secondary N) is 1. The summed E-state index contributed by atoms with van der Waals surface area (Å²) in [4.78, 5) is 12.0. The summed E-state index contributed by atoms with van der Waals surface area (Å²) >= 11 is 9.26. The van der Waals surface area contributed by atoms with Crippen molar-refractivity contribution >= 4 is 33.4 Å². The van der Waals surface area contributed by atoms with Crippen molar-refractivity contribution in [2.75, 3.05) is 0 Å². The van der Waals surface area contributed by atoms with Gasteiger partial charge in [0, 0.05) is 22.5 Å². The van der Waals surface area contributed by atoms with Gasteiger partial charge in [-0.25, -0.2) is 0 Å². The average molecular weight is 343 g/mol. The molecule has 19 heavy (non-hydrogen) atoms. The lowest BCUT2D eigenvalue weighted by atomic mass is 10.1. The highest BCUT2D eigenvalue weighted by atomic mass is 79.9. The van der Waals surface area contributed by atoms with Gasteiger partial charge in [-0.2, -0.15) is 0 Å². The number of halogens is 2. The fourth-order valence-corrected chi connectivity index (χ4v) is 2.15. The van der Waals surface area contributed by atoms with Gasteiger partial charge in [0.05, 0.1) is 11.3 Å². The number of amides is 1. The Labute approximate surface area is 125 Å². The molecule has 1 atom stereocenters. The summed E-state index contributed by atoms with van der Waals surface area (Å²) in [6.07, 6.45) is 2.28. The molecule has 0 fully saturated rings. The van der Waals surface area contributed by atoms with Gasteiger partial charge >= 0.3 is 0 Å². The van der Waals surface area contributed by atoms with Crippen LogP contribution in [0.15, 0.2) is 45.5 Å². The quantitative estimate of drug-likeness (QED) is 0.910. The third-order valence-corrected chi connectivity index (χ3v) is 3.88. The molecule has 3 nitrogen and oxygen atoms in total. The van der Waals surface area contributed by atoms with E-state index in [9.17, 15) is 4.79 Å². The summed E-state index contributed by atoms with van der Waals surface area (Å²) < 4.78 is 6.02. The Morgan fingerprint density at radius 2 is 2.26 bits per heavy atom. The molecular weight excluding hydrogens is 330 g/mol. The maximum atomic E-state index is 12.0. The molecule has 0 aliphatic rings. The highest BCUT2D eigenvalue weighted by molar-refractivity contribution is 9.10. The van der Waals surface area contributed by atoms with E-state index >= 15 is 0 Å². The molecule has 2 rings (SSSR count). The molecule has 0 aliphatic heterocycles. The van der Waals surface area contributed by atoms with Crippen LogP contribution in [-0.4, -0.2) is 11.9 Å². The summed E-state index contributed by atoms with van der Waals surface area (Å²) in [7, 11) is 0. The van der Waals surface area contributed by atoms with E-state index in [-0.39, 0.29) is 11.9 Å². The lowest BCUT2D eigenvalue weighted by Gasteiger charge is -2.12. The van der Waals surface area contributed by atoms with Gasteiger partial charge in [0.25, 0.3) is 5.91 Å². The van der Waals surface area contributed by atoms with Crippen LogP contribution < -0.4 is 5.32 Å². The summed E-state index contributed by atoms with van der Waals surface area (Å²) in [5, 5.41) is 3.43. The molecule has 2 aromatic rings. The van der Waals surface area contributed by atoms with Gasteiger partial charge in [-0.05, 0) is 53.2 Å². The number of benzene rings is 1. The molecule has 0 bridgehead atoms. The minimum absolute atomic E-state index is 0.0129. The molecule has 1 amide bonds. The van der Waals surface area contributed by atoms with E-state index in [1.54, 1.807) is 24.5 Å². The van der Waals surface area contributed by atoms with Crippen LogP contribution in [0.25, 0.3) is 0 Å². The third kappa shape index (κ3) is 3.85. The second kappa shape index (κ2) is 6.26. The lowest BCUT2D eigenvalue weighted by molar-refractivity contribution is 0.0939. The fourth-order valence-electron chi connectivity index (χ4n) is 1.73. The fraction of sp³-hybridized carbons (Fsp3) is 0.214. The number of carbonyl (C=O) groups excluding carboxylic acids is 1. The van der Waals surface area contributed by atoms with Gasteiger partial charge in [-0.3, -0.25) is 4.79 Å². The number of hydrogen-bond donors (Lipinski definition) is 1. The van der Waals surface area contributed by atoms with Crippen molar-refractivity contribution in [3.05, 3.63) is 57.4 Å². The van der Waals surface area contributed by atoms with Gasteiger partial charge in [-0.15, -0.1) is 0 Å². The molecular formula is C14H13BrClNO2. The van der Waals surface area contributed by atoms with Crippen molar-refractivity contribution in [3.8, 4) is 0 Å². The van der Waals surface area contributed by atoms with Crippen molar-refractivity contribution in [2.45, 2.75) is 19.4 Å². The van der Waals surface area contributed by atoms with Crippen molar-refractivity contribution < 1.29 is 9.21 Å². The molecule has 1 heterocycles. The maximum absolute atomic E-state index is 12.0. The Bertz CT molecular complexity index is 569. The summed E-state index contributed by atoms with van der Waals surface area (Å²) in [5.74, 6) is 0.704. The Kier molecular flexibility index (Phi) is 4.66. The van der Waals surface area contributed by atoms with Crippen molar-refractivity contribution in [2.24, 2.45) is 0 Å².